The zero-order valence-corrected chi connectivity index (χ0v) is 16.6. The van der Waals surface area contributed by atoms with Crippen molar-refractivity contribution in [3.63, 3.8) is 0 Å². The van der Waals surface area contributed by atoms with E-state index >= 15 is 0 Å². The molecule has 3 aromatic rings. The predicted octanol–water partition coefficient (Wildman–Crippen LogP) is 2.94. The van der Waals surface area contributed by atoms with Gasteiger partial charge < -0.3 is 15.2 Å². The third-order valence-corrected chi connectivity index (χ3v) is 6.56. The number of benzene rings is 1. The summed E-state index contributed by atoms with van der Waals surface area (Å²) in [4.78, 5) is 21.7. The zero-order chi connectivity index (χ0) is 19.7. The second kappa shape index (κ2) is 7.59. The van der Waals surface area contributed by atoms with Crippen molar-refractivity contribution in [1.29, 1.82) is 0 Å². The predicted molar refractivity (Wildman–Crippen MR) is 113 cm³/mol. The molecule has 0 unspecified atom stereocenters. The monoisotopic (exact) mass is 389 g/mol. The van der Waals surface area contributed by atoms with Crippen LogP contribution in [0.25, 0.3) is 11.2 Å². The van der Waals surface area contributed by atoms with Gasteiger partial charge in [-0.2, -0.15) is 0 Å². The fourth-order valence-electron chi connectivity index (χ4n) is 4.85. The maximum absolute atomic E-state index is 12.7. The van der Waals surface area contributed by atoms with Crippen molar-refractivity contribution in [2.24, 2.45) is 5.41 Å². The van der Waals surface area contributed by atoms with E-state index in [2.05, 4.69) is 49.4 Å². The Morgan fingerprint density at radius 1 is 1.17 bits per heavy atom. The van der Waals surface area contributed by atoms with Crippen LogP contribution >= 0.6 is 0 Å². The van der Waals surface area contributed by atoms with Crippen LogP contribution in [0.3, 0.4) is 0 Å². The number of hydrogen-bond acceptors (Lipinski definition) is 4. The van der Waals surface area contributed by atoms with Crippen LogP contribution in [0, 0.1) is 5.41 Å². The third kappa shape index (κ3) is 3.77. The first kappa shape index (κ1) is 18.3. The molecule has 1 saturated carbocycles. The van der Waals surface area contributed by atoms with Gasteiger partial charge in [0.05, 0.1) is 11.9 Å². The van der Waals surface area contributed by atoms with E-state index in [1.54, 1.807) is 6.20 Å². The average Bonchev–Trinajstić information content (AvgIpc) is 3.15. The minimum Gasteiger partial charge on any atom is -0.349 e. The molecule has 1 aromatic carbocycles. The van der Waals surface area contributed by atoms with Gasteiger partial charge in [0.2, 0.25) is 0 Å². The van der Waals surface area contributed by atoms with Gasteiger partial charge in [-0.1, -0.05) is 30.3 Å². The van der Waals surface area contributed by atoms with Gasteiger partial charge in [0.1, 0.15) is 5.52 Å². The number of pyridine rings is 1. The fraction of sp³-hybridized carbons (Fsp3) is 0.435. The molecule has 1 aliphatic heterocycles. The number of imidazole rings is 1. The van der Waals surface area contributed by atoms with E-state index in [1.807, 2.05) is 18.5 Å². The molecule has 1 spiro atoms. The van der Waals surface area contributed by atoms with Crippen LogP contribution in [0.4, 0.5) is 0 Å². The van der Waals surface area contributed by atoms with Crippen LogP contribution in [-0.2, 0) is 13.0 Å². The summed E-state index contributed by atoms with van der Waals surface area (Å²) in [5.74, 6) is -0.0352. The number of carbonyl (C=O) groups excluding carboxylic acids is 1. The van der Waals surface area contributed by atoms with Gasteiger partial charge in [-0.3, -0.25) is 4.79 Å². The number of nitrogens with zero attached hydrogens (tertiary/aromatic N) is 3. The molecule has 6 nitrogen and oxygen atoms in total. The second-order valence-electron chi connectivity index (χ2n) is 8.57. The maximum atomic E-state index is 12.7. The SMILES string of the molecule is O=C(NC1CC2(CCNCC2)C1)c1cnc2c(c1)ncn2CCc1ccccc1. The molecule has 0 atom stereocenters. The molecular weight excluding hydrogens is 362 g/mol. The summed E-state index contributed by atoms with van der Waals surface area (Å²) < 4.78 is 2.05. The normalized spacial score (nSPS) is 18.6. The highest BCUT2D eigenvalue weighted by Gasteiger charge is 2.44. The summed E-state index contributed by atoms with van der Waals surface area (Å²) in [5.41, 5.74) is 3.95. The number of piperidine rings is 1. The van der Waals surface area contributed by atoms with Crippen molar-refractivity contribution in [3.05, 3.63) is 60.0 Å². The number of aromatic nitrogens is 3. The Morgan fingerprint density at radius 3 is 2.76 bits per heavy atom. The summed E-state index contributed by atoms with van der Waals surface area (Å²) in [5, 5.41) is 6.61. The van der Waals surface area contributed by atoms with Crippen LogP contribution in [0.5, 0.6) is 0 Å². The van der Waals surface area contributed by atoms with E-state index in [-0.39, 0.29) is 5.91 Å². The molecule has 1 aliphatic carbocycles. The molecule has 2 aromatic heterocycles. The van der Waals surface area contributed by atoms with Gasteiger partial charge >= 0.3 is 0 Å². The molecular formula is C23H27N5O. The van der Waals surface area contributed by atoms with Crippen molar-refractivity contribution in [2.75, 3.05) is 13.1 Å². The van der Waals surface area contributed by atoms with Gasteiger partial charge in [-0.25, -0.2) is 9.97 Å². The number of nitrogens with one attached hydrogen (secondary N) is 2. The molecule has 3 heterocycles. The lowest BCUT2D eigenvalue weighted by Gasteiger charge is -2.50. The summed E-state index contributed by atoms with van der Waals surface area (Å²) in [7, 11) is 0. The lowest BCUT2D eigenvalue weighted by atomic mass is 9.60. The first-order valence-corrected chi connectivity index (χ1v) is 10.6. The molecule has 1 amide bonds. The van der Waals surface area contributed by atoms with Gasteiger partial charge in [0, 0.05) is 18.8 Å². The van der Waals surface area contributed by atoms with Crippen molar-refractivity contribution >= 4 is 17.1 Å². The lowest BCUT2D eigenvalue weighted by molar-refractivity contribution is 0.0423. The van der Waals surface area contributed by atoms with E-state index in [4.69, 9.17) is 0 Å². The largest absolute Gasteiger partial charge is 0.349 e. The Bertz CT molecular complexity index is 999. The number of aryl methyl sites for hydroxylation is 2. The van der Waals surface area contributed by atoms with Gasteiger partial charge in [-0.15, -0.1) is 0 Å². The van der Waals surface area contributed by atoms with Crippen molar-refractivity contribution in [3.8, 4) is 0 Å². The molecule has 5 rings (SSSR count). The quantitative estimate of drug-likeness (QED) is 0.704. The van der Waals surface area contributed by atoms with Gasteiger partial charge in [-0.05, 0) is 62.2 Å². The molecule has 2 fully saturated rings. The minimum absolute atomic E-state index is 0.0352. The van der Waals surface area contributed by atoms with E-state index in [0.29, 0.717) is 17.0 Å². The Morgan fingerprint density at radius 2 is 1.97 bits per heavy atom. The number of carbonyl (C=O) groups is 1. The first-order chi connectivity index (χ1) is 14.2. The molecule has 2 aliphatic rings. The van der Waals surface area contributed by atoms with Crippen LogP contribution in [0.2, 0.25) is 0 Å². The lowest BCUT2D eigenvalue weighted by Crippen LogP contribution is -2.54. The standard InChI is InChI=1S/C23H27N5O/c29-22(27-19-13-23(14-19)7-9-24-10-8-23)18-12-20-21(25-15-18)28(16-26-20)11-6-17-4-2-1-3-5-17/h1-5,12,15-16,19,24H,6-11,13-14H2,(H,27,29). The van der Waals surface area contributed by atoms with Crippen molar-refractivity contribution in [2.45, 2.75) is 44.7 Å². The first-order valence-electron chi connectivity index (χ1n) is 10.6. The number of amides is 1. The van der Waals surface area contributed by atoms with Crippen LogP contribution < -0.4 is 10.6 Å². The molecule has 0 radical (unpaired) electrons. The Labute approximate surface area is 170 Å². The van der Waals surface area contributed by atoms with Crippen molar-refractivity contribution in [1.82, 2.24) is 25.2 Å². The Balaban J connectivity index is 1.22. The van der Waals surface area contributed by atoms with E-state index < -0.39 is 0 Å². The van der Waals surface area contributed by atoms with E-state index in [1.165, 1.54) is 18.4 Å². The number of rotatable bonds is 5. The average molecular weight is 390 g/mol. The van der Waals surface area contributed by atoms with Crippen LogP contribution in [-0.4, -0.2) is 39.6 Å². The van der Waals surface area contributed by atoms with Crippen LogP contribution in [0.15, 0.2) is 48.9 Å². The highest BCUT2D eigenvalue weighted by Crippen LogP contribution is 2.47. The smallest absolute Gasteiger partial charge is 0.253 e. The van der Waals surface area contributed by atoms with Crippen LogP contribution in [0.1, 0.15) is 41.6 Å². The summed E-state index contributed by atoms with van der Waals surface area (Å²) in [6.45, 7) is 3.03. The molecule has 2 N–H and O–H groups in total. The van der Waals surface area contributed by atoms with Crippen molar-refractivity contribution < 1.29 is 4.79 Å². The molecule has 1 saturated heterocycles. The molecule has 6 heteroatoms. The fourth-order valence-corrected chi connectivity index (χ4v) is 4.85. The molecule has 29 heavy (non-hydrogen) atoms. The maximum Gasteiger partial charge on any atom is 0.253 e. The summed E-state index contributed by atoms with van der Waals surface area (Å²) >= 11 is 0. The molecule has 150 valence electrons. The Hall–Kier alpha value is -2.73. The van der Waals surface area contributed by atoms with E-state index in [0.717, 1.165) is 50.1 Å². The third-order valence-electron chi connectivity index (χ3n) is 6.56. The Kier molecular flexibility index (Phi) is 4.79. The zero-order valence-electron chi connectivity index (χ0n) is 16.6. The number of fused-ring (bicyclic) bond motifs is 1. The second-order valence-corrected chi connectivity index (χ2v) is 8.57. The molecule has 0 bridgehead atoms. The van der Waals surface area contributed by atoms with E-state index in [9.17, 15) is 4.79 Å². The highest BCUT2D eigenvalue weighted by atomic mass is 16.1. The topological polar surface area (TPSA) is 71.8 Å². The minimum atomic E-state index is -0.0352. The summed E-state index contributed by atoms with van der Waals surface area (Å²) in [6.07, 6.45) is 9.08. The highest BCUT2D eigenvalue weighted by molar-refractivity contribution is 5.96. The van der Waals surface area contributed by atoms with Gasteiger partial charge in [0.15, 0.2) is 5.65 Å². The number of hydrogen-bond donors (Lipinski definition) is 2. The van der Waals surface area contributed by atoms with Gasteiger partial charge in [0.25, 0.3) is 5.91 Å². The summed E-state index contributed by atoms with van der Waals surface area (Å²) in [6, 6.07) is 12.5.